The van der Waals surface area contributed by atoms with E-state index in [0.717, 1.165) is 32.2 Å². The van der Waals surface area contributed by atoms with Crippen LogP contribution in [-0.4, -0.2) is 85.0 Å². The minimum atomic E-state index is -2.63. The highest BCUT2D eigenvalue weighted by atomic mass is 19.3. The average Bonchev–Trinajstić information content (AvgIpc) is 2.77. The zero-order valence-corrected chi connectivity index (χ0v) is 20.9. The molecule has 3 saturated heterocycles. The van der Waals surface area contributed by atoms with Crippen molar-refractivity contribution in [1.82, 2.24) is 14.7 Å². The Hall–Kier alpha value is -1.44. The highest BCUT2D eigenvalue weighted by molar-refractivity contribution is 5.80. The summed E-state index contributed by atoms with van der Waals surface area (Å²) in [5, 5.41) is 0. The number of rotatable bonds is 6. The molecule has 3 heterocycles. The first-order valence-corrected chi connectivity index (χ1v) is 12.9. The molecule has 1 atom stereocenters. The monoisotopic (exact) mass is 471 g/mol. The summed E-state index contributed by atoms with van der Waals surface area (Å²) < 4.78 is 34.3. The van der Waals surface area contributed by atoms with Crippen LogP contribution in [-0.2, 0) is 9.53 Å². The van der Waals surface area contributed by atoms with Crippen LogP contribution in [0.5, 0.6) is 0 Å². The van der Waals surface area contributed by atoms with Crippen molar-refractivity contribution in [3.05, 3.63) is 0 Å². The Bertz CT molecular complexity index is 657. The molecule has 0 aromatic rings. The van der Waals surface area contributed by atoms with Gasteiger partial charge in [-0.1, -0.05) is 27.7 Å². The average molecular weight is 472 g/mol. The third kappa shape index (κ3) is 7.03. The Morgan fingerprint density at radius 1 is 0.879 bits per heavy atom. The molecule has 0 aliphatic carbocycles. The fraction of sp³-hybridized carbons (Fsp3) is 0.920. The molecule has 0 saturated carbocycles. The number of hydrogen-bond donors (Lipinski definition) is 0. The number of alkyl halides is 2. The summed E-state index contributed by atoms with van der Waals surface area (Å²) >= 11 is 0. The van der Waals surface area contributed by atoms with E-state index in [1.54, 1.807) is 9.80 Å². The number of carbonyl (C=O) groups is 2. The molecule has 3 fully saturated rings. The molecule has 0 aromatic heterocycles. The Labute approximate surface area is 198 Å². The van der Waals surface area contributed by atoms with E-state index < -0.39 is 17.9 Å². The molecule has 3 rings (SSSR count). The molecular formula is C25H43F2N3O3. The van der Waals surface area contributed by atoms with Crippen molar-refractivity contribution in [2.24, 2.45) is 29.6 Å². The Kier molecular flexibility index (Phi) is 8.98. The van der Waals surface area contributed by atoms with Crippen LogP contribution in [0, 0.1) is 29.6 Å². The molecule has 1 unspecified atom stereocenters. The fourth-order valence-electron chi connectivity index (χ4n) is 5.79. The first-order chi connectivity index (χ1) is 15.6. The number of nitrogens with zero attached hydrogens (tertiary/aromatic N) is 3. The molecule has 8 heteroatoms. The van der Waals surface area contributed by atoms with Crippen molar-refractivity contribution in [1.29, 1.82) is 0 Å². The quantitative estimate of drug-likeness (QED) is 0.578. The minimum absolute atomic E-state index is 0.00243. The van der Waals surface area contributed by atoms with Gasteiger partial charge in [-0.2, -0.15) is 0 Å². The van der Waals surface area contributed by atoms with E-state index in [2.05, 4.69) is 13.8 Å². The molecule has 33 heavy (non-hydrogen) atoms. The smallest absolute Gasteiger partial charge is 0.410 e. The summed E-state index contributed by atoms with van der Waals surface area (Å²) in [6.07, 6.45) is 3.72. The highest BCUT2D eigenvalue weighted by Gasteiger charge is 2.46. The summed E-state index contributed by atoms with van der Waals surface area (Å²) in [7, 11) is 0. The lowest BCUT2D eigenvalue weighted by Gasteiger charge is -2.42. The summed E-state index contributed by atoms with van der Waals surface area (Å²) in [5.41, 5.74) is 0. The van der Waals surface area contributed by atoms with Crippen molar-refractivity contribution in [3.63, 3.8) is 0 Å². The van der Waals surface area contributed by atoms with Crippen LogP contribution >= 0.6 is 0 Å². The number of halogens is 2. The van der Waals surface area contributed by atoms with Gasteiger partial charge in [0.25, 0.3) is 11.8 Å². The third-order valence-electron chi connectivity index (χ3n) is 8.08. The maximum atomic E-state index is 14.5. The van der Waals surface area contributed by atoms with Crippen molar-refractivity contribution in [2.75, 3.05) is 52.4 Å². The second-order valence-electron chi connectivity index (χ2n) is 11.1. The minimum Gasteiger partial charge on any atom is -0.439 e. The van der Waals surface area contributed by atoms with Gasteiger partial charge >= 0.3 is 6.09 Å². The van der Waals surface area contributed by atoms with E-state index in [1.807, 2.05) is 18.7 Å². The number of piperidine rings is 3. The summed E-state index contributed by atoms with van der Waals surface area (Å²) in [6, 6.07) is 0. The van der Waals surface area contributed by atoms with E-state index in [4.69, 9.17) is 4.74 Å². The van der Waals surface area contributed by atoms with Gasteiger partial charge in [-0.25, -0.2) is 13.6 Å². The van der Waals surface area contributed by atoms with E-state index in [9.17, 15) is 18.4 Å². The second-order valence-corrected chi connectivity index (χ2v) is 11.1. The standard InChI is InChI=1S/C25H43F2N3O3/c1-18(2)21-7-13-30(14-8-21)24(32)33-16-23(31)29-11-5-20(6-12-29)15-28-10-9-22(19(3)4)25(26,27)17-28/h18-22H,5-17H2,1-4H3. The van der Waals surface area contributed by atoms with Crippen LogP contribution < -0.4 is 0 Å². The topological polar surface area (TPSA) is 53.1 Å². The van der Waals surface area contributed by atoms with Gasteiger partial charge in [0.15, 0.2) is 6.61 Å². The van der Waals surface area contributed by atoms with Crippen LogP contribution in [0.4, 0.5) is 13.6 Å². The lowest BCUT2D eigenvalue weighted by atomic mass is 9.83. The molecule has 0 aromatic carbocycles. The van der Waals surface area contributed by atoms with Crippen LogP contribution in [0.3, 0.4) is 0 Å². The van der Waals surface area contributed by atoms with E-state index in [0.29, 0.717) is 56.9 Å². The van der Waals surface area contributed by atoms with Gasteiger partial charge < -0.3 is 14.5 Å². The normalized spacial score (nSPS) is 25.6. The van der Waals surface area contributed by atoms with Crippen molar-refractivity contribution in [3.8, 4) is 0 Å². The number of likely N-dealkylation sites (tertiary alicyclic amines) is 3. The number of carbonyl (C=O) groups excluding carboxylic acids is 2. The molecule has 3 aliphatic rings. The SMILES string of the molecule is CC(C)C1CCN(C(=O)OCC(=O)N2CCC(CN3CCC(C(C)C)C(F)(F)C3)CC2)CC1. The van der Waals surface area contributed by atoms with Crippen LogP contribution in [0.25, 0.3) is 0 Å². The van der Waals surface area contributed by atoms with Gasteiger partial charge in [-0.3, -0.25) is 9.69 Å². The summed E-state index contributed by atoms with van der Waals surface area (Å²) in [6.45, 7) is 11.8. The molecule has 0 N–H and O–H groups in total. The first-order valence-electron chi connectivity index (χ1n) is 12.9. The fourth-order valence-corrected chi connectivity index (χ4v) is 5.79. The molecule has 0 bridgehead atoms. The van der Waals surface area contributed by atoms with Gasteiger partial charge in [-0.05, 0) is 62.3 Å². The van der Waals surface area contributed by atoms with Crippen molar-refractivity contribution >= 4 is 12.0 Å². The zero-order chi connectivity index (χ0) is 24.2. The predicted molar refractivity (Wildman–Crippen MR) is 124 cm³/mol. The summed E-state index contributed by atoms with van der Waals surface area (Å²) in [5.74, 6) is -1.74. The Morgan fingerprint density at radius 2 is 1.48 bits per heavy atom. The van der Waals surface area contributed by atoms with Crippen LogP contribution in [0.15, 0.2) is 0 Å². The van der Waals surface area contributed by atoms with Gasteiger partial charge in [0.2, 0.25) is 0 Å². The molecule has 6 nitrogen and oxygen atoms in total. The number of amides is 2. The summed E-state index contributed by atoms with van der Waals surface area (Å²) in [4.78, 5) is 30.2. The molecule has 0 radical (unpaired) electrons. The van der Waals surface area contributed by atoms with E-state index in [1.165, 1.54) is 0 Å². The third-order valence-corrected chi connectivity index (χ3v) is 8.08. The molecule has 3 aliphatic heterocycles. The van der Waals surface area contributed by atoms with E-state index in [-0.39, 0.29) is 25.0 Å². The molecule has 2 amide bonds. The van der Waals surface area contributed by atoms with Gasteiger partial charge in [-0.15, -0.1) is 0 Å². The van der Waals surface area contributed by atoms with Crippen molar-refractivity contribution in [2.45, 2.75) is 65.7 Å². The largest absolute Gasteiger partial charge is 0.439 e. The van der Waals surface area contributed by atoms with Crippen molar-refractivity contribution < 1.29 is 23.1 Å². The van der Waals surface area contributed by atoms with Gasteiger partial charge in [0.05, 0.1) is 6.54 Å². The highest BCUT2D eigenvalue weighted by Crippen LogP contribution is 2.38. The second kappa shape index (κ2) is 11.3. The van der Waals surface area contributed by atoms with E-state index >= 15 is 0 Å². The van der Waals surface area contributed by atoms with Gasteiger partial charge in [0.1, 0.15) is 0 Å². The lowest BCUT2D eigenvalue weighted by Crippen LogP contribution is -2.52. The first kappa shape index (κ1) is 26.2. The van der Waals surface area contributed by atoms with Gasteiger partial charge in [0, 0.05) is 38.6 Å². The Balaban J connectivity index is 1.34. The Morgan fingerprint density at radius 3 is 2.03 bits per heavy atom. The molecule has 190 valence electrons. The maximum Gasteiger partial charge on any atom is 0.410 e. The predicted octanol–water partition coefficient (Wildman–Crippen LogP) is 4.34. The zero-order valence-electron chi connectivity index (χ0n) is 20.9. The maximum absolute atomic E-state index is 14.5. The molecular weight excluding hydrogens is 428 g/mol. The van der Waals surface area contributed by atoms with Crippen LogP contribution in [0.2, 0.25) is 0 Å². The number of hydrogen-bond acceptors (Lipinski definition) is 4. The molecule has 0 spiro atoms. The van der Waals surface area contributed by atoms with Crippen LogP contribution in [0.1, 0.15) is 59.8 Å². The lowest BCUT2D eigenvalue weighted by molar-refractivity contribution is -0.137. The number of ether oxygens (including phenoxy) is 1.